The number of carbonyl (C=O) groups is 3. The van der Waals surface area contributed by atoms with Gasteiger partial charge in [0.2, 0.25) is 5.91 Å². The van der Waals surface area contributed by atoms with Crippen LogP contribution in [-0.2, 0) is 14.4 Å². The highest BCUT2D eigenvalue weighted by Crippen LogP contribution is 2.31. The molecule has 26 heavy (non-hydrogen) atoms. The van der Waals surface area contributed by atoms with Gasteiger partial charge in [-0.1, -0.05) is 39.5 Å². The SMILES string of the molecule is CCCCCC(=O)Oc1ccc(NC(C)=O)cc1OC(=O)CCCCC. The van der Waals surface area contributed by atoms with Crippen molar-refractivity contribution >= 4 is 23.5 Å². The molecule has 0 fully saturated rings. The summed E-state index contributed by atoms with van der Waals surface area (Å²) in [7, 11) is 0. The van der Waals surface area contributed by atoms with Crippen molar-refractivity contribution in [1.29, 1.82) is 0 Å². The molecule has 1 rings (SSSR count). The summed E-state index contributed by atoms with van der Waals surface area (Å²) < 4.78 is 10.7. The fourth-order valence-electron chi connectivity index (χ4n) is 2.34. The Kier molecular flexibility index (Phi) is 10.1. The Bertz CT molecular complexity index is 612. The molecular formula is C20H29NO5. The number of hydrogen-bond donors (Lipinski definition) is 1. The van der Waals surface area contributed by atoms with Crippen molar-refractivity contribution in [3.8, 4) is 11.5 Å². The van der Waals surface area contributed by atoms with E-state index >= 15 is 0 Å². The molecule has 0 aromatic heterocycles. The lowest BCUT2D eigenvalue weighted by atomic mass is 10.2. The highest BCUT2D eigenvalue weighted by Gasteiger charge is 2.15. The Labute approximate surface area is 155 Å². The van der Waals surface area contributed by atoms with Crippen LogP contribution in [0.15, 0.2) is 18.2 Å². The number of hydrogen-bond acceptors (Lipinski definition) is 5. The van der Waals surface area contributed by atoms with E-state index in [1.165, 1.54) is 19.1 Å². The Morgan fingerprint density at radius 1 is 0.846 bits per heavy atom. The minimum atomic E-state index is -0.387. The average Bonchev–Trinajstić information content (AvgIpc) is 2.57. The molecule has 0 radical (unpaired) electrons. The van der Waals surface area contributed by atoms with Crippen LogP contribution in [0.1, 0.15) is 72.1 Å². The molecule has 0 bridgehead atoms. The van der Waals surface area contributed by atoms with E-state index in [9.17, 15) is 14.4 Å². The van der Waals surface area contributed by atoms with E-state index in [2.05, 4.69) is 19.2 Å². The number of unbranched alkanes of at least 4 members (excludes halogenated alkanes) is 4. The first kappa shape index (κ1) is 21.7. The van der Waals surface area contributed by atoms with Crippen LogP contribution in [0.4, 0.5) is 5.69 Å². The summed E-state index contributed by atoms with van der Waals surface area (Å²) in [5.74, 6) is -0.670. The Hall–Kier alpha value is -2.37. The molecule has 0 aliphatic rings. The number of anilines is 1. The highest BCUT2D eigenvalue weighted by atomic mass is 16.6. The minimum absolute atomic E-state index is 0.140. The zero-order valence-corrected chi connectivity index (χ0v) is 15.9. The van der Waals surface area contributed by atoms with Gasteiger partial charge in [0, 0.05) is 31.5 Å². The predicted octanol–water partition coefficient (Wildman–Crippen LogP) is 4.62. The number of ether oxygens (including phenoxy) is 2. The number of rotatable bonds is 11. The number of esters is 2. The Morgan fingerprint density at radius 3 is 1.88 bits per heavy atom. The second kappa shape index (κ2) is 12.1. The van der Waals surface area contributed by atoms with Crippen LogP contribution >= 0.6 is 0 Å². The standard InChI is InChI=1S/C20H29NO5/c1-4-6-8-10-19(23)25-17-13-12-16(21-15(3)22)14-18(17)26-20(24)11-9-7-5-2/h12-14H,4-11H2,1-3H3,(H,21,22). The molecule has 0 saturated carbocycles. The normalized spacial score (nSPS) is 10.3. The zero-order valence-electron chi connectivity index (χ0n) is 15.9. The molecule has 0 aliphatic heterocycles. The Morgan fingerprint density at radius 2 is 1.38 bits per heavy atom. The molecule has 144 valence electrons. The van der Waals surface area contributed by atoms with Crippen LogP contribution < -0.4 is 14.8 Å². The summed E-state index contributed by atoms with van der Waals surface area (Å²) in [6.07, 6.45) is 6.02. The zero-order chi connectivity index (χ0) is 19.4. The molecule has 0 spiro atoms. The fraction of sp³-hybridized carbons (Fsp3) is 0.550. The van der Waals surface area contributed by atoms with Crippen molar-refractivity contribution in [2.45, 2.75) is 72.1 Å². The van der Waals surface area contributed by atoms with Crippen molar-refractivity contribution in [3.63, 3.8) is 0 Å². The number of carbonyl (C=O) groups excluding carboxylic acids is 3. The first-order chi connectivity index (χ1) is 12.5. The molecule has 0 saturated heterocycles. The van der Waals surface area contributed by atoms with E-state index < -0.39 is 0 Å². The van der Waals surface area contributed by atoms with Crippen LogP contribution in [0.5, 0.6) is 11.5 Å². The summed E-state index contributed by atoms with van der Waals surface area (Å²) in [5, 5.41) is 2.62. The number of amides is 1. The van der Waals surface area contributed by atoms with E-state index in [0.717, 1.165) is 38.5 Å². The third-order valence-electron chi connectivity index (χ3n) is 3.68. The molecule has 0 aliphatic carbocycles. The third-order valence-corrected chi connectivity index (χ3v) is 3.68. The topological polar surface area (TPSA) is 81.7 Å². The van der Waals surface area contributed by atoms with Crippen LogP contribution in [0.25, 0.3) is 0 Å². The fourth-order valence-corrected chi connectivity index (χ4v) is 2.34. The summed E-state index contributed by atoms with van der Waals surface area (Å²) in [5.41, 5.74) is 0.472. The van der Waals surface area contributed by atoms with Crippen LogP contribution in [0.2, 0.25) is 0 Å². The van der Waals surface area contributed by atoms with Gasteiger partial charge in [-0.2, -0.15) is 0 Å². The second-order valence-electron chi connectivity index (χ2n) is 6.21. The molecule has 1 aromatic carbocycles. The molecule has 1 N–H and O–H groups in total. The van der Waals surface area contributed by atoms with Crippen molar-refractivity contribution in [2.24, 2.45) is 0 Å². The van der Waals surface area contributed by atoms with E-state index in [4.69, 9.17) is 9.47 Å². The predicted molar refractivity (Wildman–Crippen MR) is 100 cm³/mol. The van der Waals surface area contributed by atoms with Gasteiger partial charge in [-0.15, -0.1) is 0 Å². The molecule has 0 unspecified atom stereocenters. The van der Waals surface area contributed by atoms with Gasteiger partial charge in [0.1, 0.15) is 0 Å². The number of benzene rings is 1. The van der Waals surface area contributed by atoms with Crippen molar-refractivity contribution < 1.29 is 23.9 Å². The quantitative estimate of drug-likeness (QED) is 0.352. The molecule has 6 nitrogen and oxygen atoms in total. The first-order valence-electron chi connectivity index (χ1n) is 9.29. The summed E-state index contributed by atoms with van der Waals surface area (Å²) in [4.78, 5) is 35.2. The van der Waals surface area contributed by atoms with Gasteiger partial charge < -0.3 is 14.8 Å². The molecule has 0 atom stereocenters. The monoisotopic (exact) mass is 363 g/mol. The maximum Gasteiger partial charge on any atom is 0.311 e. The first-order valence-corrected chi connectivity index (χ1v) is 9.29. The van der Waals surface area contributed by atoms with Crippen molar-refractivity contribution in [2.75, 3.05) is 5.32 Å². The summed E-state index contributed by atoms with van der Waals surface area (Å²) in [6, 6.07) is 4.62. The van der Waals surface area contributed by atoms with Gasteiger partial charge in [-0.3, -0.25) is 14.4 Å². The molecule has 1 aromatic rings. The average molecular weight is 363 g/mol. The maximum absolute atomic E-state index is 12.0. The van der Waals surface area contributed by atoms with Gasteiger partial charge >= 0.3 is 11.9 Å². The van der Waals surface area contributed by atoms with Crippen LogP contribution in [0, 0.1) is 0 Å². The van der Waals surface area contributed by atoms with Gasteiger partial charge in [-0.25, -0.2) is 0 Å². The molecule has 0 heterocycles. The lowest BCUT2D eigenvalue weighted by Crippen LogP contribution is -2.13. The second-order valence-corrected chi connectivity index (χ2v) is 6.21. The smallest absolute Gasteiger partial charge is 0.311 e. The molecular weight excluding hydrogens is 334 g/mol. The van der Waals surface area contributed by atoms with E-state index in [1.54, 1.807) is 6.07 Å². The van der Waals surface area contributed by atoms with E-state index in [0.29, 0.717) is 18.5 Å². The van der Waals surface area contributed by atoms with Gasteiger partial charge in [0.05, 0.1) is 0 Å². The minimum Gasteiger partial charge on any atom is -0.423 e. The third kappa shape index (κ3) is 8.65. The molecule has 6 heteroatoms. The maximum atomic E-state index is 12.0. The van der Waals surface area contributed by atoms with Crippen molar-refractivity contribution in [3.05, 3.63) is 18.2 Å². The summed E-state index contributed by atoms with van der Waals surface area (Å²) >= 11 is 0. The Balaban J connectivity index is 2.84. The largest absolute Gasteiger partial charge is 0.423 e. The molecule has 1 amide bonds. The van der Waals surface area contributed by atoms with Gasteiger partial charge in [0.15, 0.2) is 11.5 Å². The van der Waals surface area contributed by atoms with E-state index in [1.807, 2.05) is 0 Å². The van der Waals surface area contributed by atoms with Crippen molar-refractivity contribution in [1.82, 2.24) is 0 Å². The summed E-state index contributed by atoms with van der Waals surface area (Å²) in [6.45, 7) is 5.50. The van der Waals surface area contributed by atoms with Crippen LogP contribution in [-0.4, -0.2) is 17.8 Å². The van der Waals surface area contributed by atoms with Gasteiger partial charge in [-0.05, 0) is 25.0 Å². The van der Waals surface area contributed by atoms with Crippen LogP contribution in [0.3, 0.4) is 0 Å². The number of nitrogens with one attached hydrogen (secondary N) is 1. The lowest BCUT2D eigenvalue weighted by Gasteiger charge is -2.12. The lowest BCUT2D eigenvalue weighted by molar-refractivity contribution is -0.137. The highest BCUT2D eigenvalue weighted by molar-refractivity contribution is 5.89. The van der Waals surface area contributed by atoms with Gasteiger partial charge in [0.25, 0.3) is 0 Å². The van der Waals surface area contributed by atoms with E-state index in [-0.39, 0.29) is 29.3 Å².